The molecule has 1 aromatic carbocycles. The van der Waals surface area contributed by atoms with Gasteiger partial charge in [-0.15, -0.1) is 0 Å². The van der Waals surface area contributed by atoms with E-state index in [4.69, 9.17) is 14.2 Å². The molecule has 0 radical (unpaired) electrons. The zero-order chi connectivity index (χ0) is 19.5. The number of ether oxygens (including phenoxy) is 3. The van der Waals surface area contributed by atoms with Gasteiger partial charge < -0.3 is 19.1 Å². The van der Waals surface area contributed by atoms with Crippen LogP contribution in [0.15, 0.2) is 29.5 Å². The minimum Gasteiger partial charge on any atom is -0.466 e. The number of aryl methyl sites for hydroxylation is 1. The summed E-state index contributed by atoms with van der Waals surface area (Å²) in [6.45, 7) is 1.61. The van der Waals surface area contributed by atoms with Gasteiger partial charge in [-0.1, -0.05) is 6.07 Å². The highest BCUT2D eigenvalue weighted by Crippen LogP contribution is 2.30. The van der Waals surface area contributed by atoms with E-state index in [1.54, 1.807) is 25.1 Å². The SMILES string of the molecule is COC(=O)C1=C(C(=O)OC)N(c2ccc(C)c(NS(C)(=O)=O)c2)COC1. The summed E-state index contributed by atoms with van der Waals surface area (Å²) < 4.78 is 40.4. The third kappa shape index (κ3) is 4.33. The molecule has 9 nitrogen and oxygen atoms in total. The molecule has 1 heterocycles. The van der Waals surface area contributed by atoms with E-state index in [2.05, 4.69) is 4.72 Å². The van der Waals surface area contributed by atoms with Gasteiger partial charge in [-0.25, -0.2) is 18.0 Å². The van der Waals surface area contributed by atoms with Crippen molar-refractivity contribution in [3.05, 3.63) is 35.0 Å². The van der Waals surface area contributed by atoms with Crippen LogP contribution in [0.25, 0.3) is 0 Å². The lowest BCUT2D eigenvalue weighted by atomic mass is 10.1. The maximum Gasteiger partial charge on any atom is 0.355 e. The van der Waals surface area contributed by atoms with Gasteiger partial charge in [0.25, 0.3) is 0 Å². The summed E-state index contributed by atoms with van der Waals surface area (Å²) >= 11 is 0. The molecule has 0 spiro atoms. The molecule has 0 fully saturated rings. The van der Waals surface area contributed by atoms with Crippen LogP contribution in [-0.2, 0) is 33.8 Å². The van der Waals surface area contributed by atoms with Gasteiger partial charge in [0.15, 0.2) is 0 Å². The molecule has 0 atom stereocenters. The maximum atomic E-state index is 12.3. The monoisotopic (exact) mass is 384 g/mol. The summed E-state index contributed by atoms with van der Waals surface area (Å²) in [4.78, 5) is 25.7. The standard InChI is InChI=1S/C16H20N2O7S/c1-10-5-6-11(7-13(10)17-26(4,21)22)18-9-25-8-12(15(19)23-2)14(18)16(20)24-3/h5-7,17H,8-9H2,1-4H3. The number of nitrogens with one attached hydrogen (secondary N) is 1. The Morgan fingerprint density at radius 2 is 1.85 bits per heavy atom. The first kappa shape index (κ1) is 19.7. The minimum atomic E-state index is -3.49. The summed E-state index contributed by atoms with van der Waals surface area (Å²) in [6, 6.07) is 4.91. The molecule has 0 bridgehead atoms. The van der Waals surface area contributed by atoms with Gasteiger partial charge in [0, 0.05) is 5.69 Å². The number of hydrogen-bond acceptors (Lipinski definition) is 8. The van der Waals surface area contributed by atoms with Crippen molar-refractivity contribution in [1.82, 2.24) is 0 Å². The number of anilines is 2. The second-order valence-corrected chi connectivity index (χ2v) is 7.34. The molecule has 0 saturated carbocycles. The molecule has 142 valence electrons. The number of benzene rings is 1. The van der Waals surface area contributed by atoms with Crippen LogP contribution in [0, 0.1) is 6.92 Å². The summed E-state index contributed by atoms with van der Waals surface area (Å²) in [6.07, 6.45) is 1.04. The zero-order valence-electron chi connectivity index (χ0n) is 14.9. The summed E-state index contributed by atoms with van der Waals surface area (Å²) in [7, 11) is -1.09. The molecule has 0 unspecified atom stereocenters. The van der Waals surface area contributed by atoms with E-state index in [0.29, 0.717) is 16.9 Å². The van der Waals surface area contributed by atoms with Crippen molar-refractivity contribution < 1.29 is 32.2 Å². The first-order valence-corrected chi connectivity index (χ1v) is 9.40. The molecule has 0 saturated heterocycles. The van der Waals surface area contributed by atoms with E-state index in [9.17, 15) is 18.0 Å². The molecular formula is C16H20N2O7S. The van der Waals surface area contributed by atoms with E-state index in [1.165, 1.54) is 19.1 Å². The Morgan fingerprint density at radius 1 is 1.19 bits per heavy atom. The second-order valence-electron chi connectivity index (χ2n) is 5.59. The van der Waals surface area contributed by atoms with E-state index in [0.717, 1.165) is 6.26 Å². The number of hydrogen-bond donors (Lipinski definition) is 1. The van der Waals surface area contributed by atoms with Gasteiger partial charge in [-0.05, 0) is 24.6 Å². The number of carbonyl (C=O) groups excluding carboxylic acids is 2. The Bertz CT molecular complexity index is 861. The van der Waals surface area contributed by atoms with Crippen LogP contribution in [0.3, 0.4) is 0 Å². The van der Waals surface area contributed by atoms with Crippen LogP contribution in [0.2, 0.25) is 0 Å². The molecule has 1 N–H and O–H groups in total. The van der Waals surface area contributed by atoms with Crippen molar-refractivity contribution in [2.24, 2.45) is 0 Å². The fraction of sp³-hybridized carbons (Fsp3) is 0.375. The molecule has 26 heavy (non-hydrogen) atoms. The summed E-state index contributed by atoms with van der Waals surface area (Å²) in [5.41, 5.74) is 1.49. The molecular weight excluding hydrogens is 364 g/mol. The summed E-state index contributed by atoms with van der Waals surface area (Å²) in [5.74, 6) is -1.44. The third-order valence-corrected chi connectivity index (χ3v) is 4.25. The molecule has 10 heteroatoms. The van der Waals surface area contributed by atoms with Crippen molar-refractivity contribution in [1.29, 1.82) is 0 Å². The van der Waals surface area contributed by atoms with Crippen LogP contribution in [0.4, 0.5) is 11.4 Å². The van der Waals surface area contributed by atoms with Crippen LogP contribution >= 0.6 is 0 Å². The smallest absolute Gasteiger partial charge is 0.355 e. The lowest BCUT2D eigenvalue weighted by Gasteiger charge is -2.31. The number of rotatable bonds is 5. The van der Waals surface area contributed by atoms with E-state index < -0.39 is 22.0 Å². The lowest BCUT2D eigenvalue weighted by molar-refractivity contribution is -0.140. The molecule has 1 aromatic rings. The first-order valence-electron chi connectivity index (χ1n) is 7.51. The van der Waals surface area contributed by atoms with Crippen molar-refractivity contribution in [3.8, 4) is 0 Å². The number of carbonyl (C=O) groups is 2. The number of sulfonamides is 1. The van der Waals surface area contributed by atoms with Crippen LogP contribution in [0.1, 0.15) is 5.56 Å². The van der Waals surface area contributed by atoms with Gasteiger partial charge in [-0.2, -0.15) is 0 Å². The van der Waals surface area contributed by atoms with Gasteiger partial charge in [-0.3, -0.25) is 4.72 Å². The molecule has 2 rings (SSSR count). The minimum absolute atomic E-state index is 0.0141. The second kappa shape index (κ2) is 7.75. The fourth-order valence-corrected chi connectivity index (χ4v) is 3.05. The van der Waals surface area contributed by atoms with Gasteiger partial charge in [0.2, 0.25) is 10.0 Å². The Morgan fingerprint density at radius 3 is 2.42 bits per heavy atom. The van der Waals surface area contributed by atoms with Crippen molar-refractivity contribution in [2.45, 2.75) is 6.92 Å². The van der Waals surface area contributed by atoms with Crippen LogP contribution in [-0.4, -0.2) is 54.2 Å². The number of nitrogens with zero attached hydrogens (tertiary/aromatic N) is 1. The highest BCUT2D eigenvalue weighted by Gasteiger charge is 2.32. The molecule has 0 aliphatic carbocycles. The Balaban J connectivity index is 2.56. The van der Waals surface area contributed by atoms with Gasteiger partial charge in [0.1, 0.15) is 12.4 Å². The van der Waals surface area contributed by atoms with Crippen molar-refractivity contribution in [3.63, 3.8) is 0 Å². The molecule has 1 aliphatic heterocycles. The predicted molar refractivity (Wildman–Crippen MR) is 94.0 cm³/mol. The Kier molecular flexibility index (Phi) is 5.88. The normalized spacial score (nSPS) is 14.8. The molecule has 0 amide bonds. The Labute approximate surface area is 151 Å². The first-order chi connectivity index (χ1) is 12.2. The van der Waals surface area contributed by atoms with Crippen LogP contribution in [0.5, 0.6) is 0 Å². The van der Waals surface area contributed by atoms with Crippen LogP contribution < -0.4 is 9.62 Å². The quantitative estimate of drug-likeness (QED) is 0.741. The number of methoxy groups -OCH3 is 2. The van der Waals surface area contributed by atoms with Gasteiger partial charge >= 0.3 is 11.9 Å². The van der Waals surface area contributed by atoms with E-state index in [-0.39, 0.29) is 24.6 Å². The number of esters is 2. The topological polar surface area (TPSA) is 111 Å². The highest BCUT2D eigenvalue weighted by atomic mass is 32.2. The van der Waals surface area contributed by atoms with E-state index >= 15 is 0 Å². The average Bonchev–Trinajstić information content (AvgIpc) is 2.60. The molecule has 1 aliphatic rings. The largest absolute Gasteiger partial charge is 0.466 e. The Hall–Kier alpha value is -2.59. The lowest BCUT2D eigenvalue weighted by Crippen LogP contribution is -2.38. The highest BCUT2D eigenvalue weighted by molar-refractivity contribution is 7.92. The molecule has 0 aromatic heterocycles. The maximum absolute atomic E-state index is 12.3. The zero-order valence-corrected chi connectivity index (χ0v) is 15.7. The average molecular weight is 384 g/mol. The summed E-state index contributed by atoms with van der Waals surface area (Å²) in [5, 5.41) is 0. The third-order valence-electron chi connectivity index (χ3n) is 3.66. The van der Waals surface area contributed by atoms with Gasteiger partial charge in [0.05, 0.1) is 38.3 Å². The fourth-order valence-electron chi connectivity index (χ4n) is 2.43. The predicted octanol–water partition coefficient (Wildman–Crippen LogP) is 0.761. The van der Waals surface area contributed by atoms with Crippen molar-refractivity contribution >= 4 is 33.3 Å². The van der Waals surface area contributed by atoms with E-state index in [1.807, 2.05) is 0 Å². The van der Waals surface area contributed by atoms with Crippen molar-refractivity contribution in [2.75, 3.05) is 43.4 Å².